The van der Waals surface area contributed by atoms with Gasteiger partial charge in [-0.3, -0.25) is 19.7 Å². The number of anilines is 2. The van der Waals surface area contributed by atoms with Crippen LogP contribution in [0.25, 0.3) is 0 Å². The Labute approximate surface area is 177 Å². The van der Waals surface area contributed by atoms with Crippen LogP contribution in [0.4, 0.5) is 17.1 Å². The molecule has 152 valence electrons. The van der Waals surface area contributed by atoms with E-state index in [0.29, 0.717) is 21.8 Å². The maximum absolute atomic E-state index is 12.7. The van der Waals surface area contributed by atoms with E-state index in [2.05, 4.69) is 10.6 Å². The predicted molar refractivity (Wildman–Crippen MR) is 118 cm³/mol. The van der Waals surface area contributed by atoms with Crippen molar-refractivity contribution in [1.82, 2.24) is 0 Å². The monoisotopic (exact) mass is 421 g/mol. The third-order valence-electron chi connectivity index (χ3n) is 4.42. The highest BCUT2D eigenvalue weighted by Gasteiger charge is 2.18. The van der Waals surface area contributed by atoms with Crippen LogP contribution in [-0.4, -0.2) is 23.0 Å². The summed E-state index contributed by atoms with van der Waals surface area (Å²) in [7, 11) is 0. The molecule has 3 aromatic rings. The molecule has 0 unspecified atom stereocenters. The third kappa shape index (κ3) is 4.84. The number of para-hydroxylation sites is 1. The Hall–Kier alpha value is -3.65. The first-order chi connectivity index (χ1) is 14.4. The van der Waals surface area contributed by atoms with Crippen molar-refractivity contribution in [3.63, 3.8) is 0 Å². The Morgan fingerprint density at radius 1 is 0.900 bits per heavy atom. The van der Waals surface area contributed by atoms with Gasteiger partial charge in [-0.25, -0.2) is 0 Å². The van der Waals surface area contributed by atoms with E-state index in [-0.39, 0.29) is 17.2 Å². The molecule has 0 heterocycles. The van der Waals surface area contributed by atoms with E-state index < -0.39 is 10.8 Å². The first kappa shape index (κ1) is 21.1. The largest absolute Gasteiger partial charge is 0.322 e. The van der Waals surface area contributed by atoms with Crippen LogP contribution < -0.4 is 10.6 Å². The second-order valence-corrected chi connectivity index (χ2v) is 7.30. The van der Waals surface area contributed by atoms with Gasteiger partial charge in [0.2, 0.25) is 0 Å². The average Bonchev–Trinajstić information content (AvgIpc) is 2.75. The lowest BCUT2D eigenvalue weighted by Crippen LogP contribution is -2.15. The summed E-state index contributed by atoms with van der Waals surface area (Å²) in [5.41, 5.74) is 2.30. The molecule has 0 aliphatic heterocycles. The number of rotatable bonds is 6. The van der Waals surface area contributed by atoms with Crippen LogP contribution in [0.1, 0.15) is 26.3 Å². The van der Waals surface area contributed by atoms with Gasteiger partial charge >= 0.3 is 0 Å². The zero-order chi connectivity index (χ0) is 21.7. The van der Waals surface area contributed by atoms with Crippen LogP contribution in [0, 0.1) is 17.0 Å². The van der Waals surface area contributed by atoms with Crippen molar-refractivity contribution in [2.45, 2.75) is 11.8 Å². The highest BCUT2D eigenvalue weighted by molar-refractivity contribution is 7.98. The lowest BCUT2D eigenvalue weighted by Gasteiger charge is -2.11. The highest BCUT2D eigenvalue weighted by Crippen LogP contribution is 2.29. The number of carbonyl (C=O) groups excluding carboxylic acids is 2. The lowest BCUT2D eigenvalue weighted by atomic mass is 10.1. The summed E-state index contributed by atoms with van der Waals surface area (Å²) in [6.45, 7) is 1.80. The highest BCUT2D eigenvalue weighted by atomic mass is 32.2. The molecule has 8 heteroatoms. The van der Waals surface area contributed by atoms with E-state index >= 15 is 0 Å². The summed E-state index contributed by atoms with van der Waals surface area (Å²) < 4.78 is 0. The maximum Gasteiger partial charge on any atom is 0.283 e. The molecule has 3 rings (SSSR count). The zero-order valence-corrected chi connectivity index (χ0v) is 17.2. The van der Waals surface area contributed by atoms with Crippen LogP contribution in [0.5, 0.6) is 0 Å². The van der Waals surface area contributed by atoms with Gasteiger partial charge in [0.15, 0.2) is 0 Å². The molecule has 2 amide bonds. The van der Waals surface area contributed by atoms with Gasteiger partial charge in [0.05, 0.1) is 9.82 Å². The molecule has 7 nitrogen and oxygen atoms in total. The number of nitrogens with one attached hydrogen (secondary N) is 2. The fourth-order valence-corrected chi connectivity index (χ4v) is 3.34. The number of nitro benzene ring substituents is 1. The van der Waals surface area contributed by atoms with Crippen molar-refractivity contribution < 1.29 is 14.5 Å². The minimum absolute atomic E-state index is 0.122. The summed E-state index contributed by atoms with van der Waals surface area (Å²) in [6, 6.07) is 18.4. The Bertz CT molecular complexity index is 1120. The summed E-state index contributed by atoms with van der Waals surface area (Å²) >= 11 is 1.24. The number of nitro groups is 1. The van der Waals surface area contributed by atoms with Gasteiger partial charge in [-0.15, -0.1) is 11.8 Å². The number of nitrogens with zero attached hydrogens (tertiary/aromatic N) is 1. The number of benzene rings is 3. The van der Waals surface area contributed by atoms with Crippen molar-refractivity contribution in [2.75, 3.05) is 16.9 Å². The molecule has 0 fully saturated rings. The molecule has 30 heavy (non-hydrogen) atoms. The summed E-state index contributed by atoms with van der Waals surface area (Å²) in [5.74, 6) is -0.800. The SMILES string of the molecule is CSc1ccc(C(=O)Nc2cc(C(=O)Nc3ccccc3)ccc2C)cc1[N+](=O)[O-]. The van der Waals surface area contributed by atoms with Gasteiger partial charge in [0, 0.05) is 28.6 Å². The number of aryl methyl sites for hydroxylation is 1. The Morgan fingerprint density at radius 2 is 1.53 bits per heavy atom. The van der Waals surface area contributed by atoms with Crippen LogP contribution >= 0.6 is 11.8 Å². The maximum atomic E-state index is 12.7. The standard InChI is InChI=1S/C22H19N3O4S/c1-14-8-9-15(21(26)23-17-6-4-3-5-7-17)12-18(14)24-22(27)16-10-11-20(30-2)19(13-16)25(28)29/h3-13H,1-2H3,(H,23,26)(H,24,27). The van der Waals surface area contributed by atoms with E-state index in [0.717, 1.165) is 5.56 Å². The normalized spacial score (nSPS) is 10.3. The average molecular weight is 421 g/mol. The molecule has 0 atom stereocenters. The second-order valence-electron chi connectivity index (χ2n) is 6.45. The third-order valence-corrected chi connectivity index (χ3v) is 5.20. The molecule has 0 aromatic heterocycles. The van der Waals surface area contributed by atoms with Crippen LogP contribution in [0.2, 0.25) is 0 Å². The van der Waals surface area contributed by atoms with E-state index in [1.165, 1.54) is 23.9 Å². The summed E-state index contributed by atoms with van der Waals surface area (Å²) in [4.78, 5) is 36.4. The van der Waals surface area contributed by atoms with Gasteiger partial charge in [-0.1, -0.05) is 24.3 Å². The van der Waals surface area contributed by atoms with Crippen LogP contribution in [0.3, 0.4) is 0 Å². The van der Waals surface area contributed by atoms with Gasteiger partial charge in [-0.05, 0) is 55.1 Å². The van der Waals surface area contributed by atoms with Crippen molar-refractivity contribution >= 4 is 40.6 Å². The Morgan fingerprint density at radius 3 is 2.20 bits per heavy atom. The molecule has 0 aliphatic carbocycles. The summed E-state index contributed by atoms with van der Waals surface area (Å²) in [5, 5.41) is 16.8. The fourth-order valence-electron chi connectivity index (χ4n) is 2.79. The van der Waals surface area contributed by atoms with Crippen LogP contribution in [-0.2, 0) is 0 Å². The number of hydrogen-bond acceptors (Lipinski definition) is 5. The molecule has 0 saturated carbocycles. The fraction of sp³-hybridized carbons (Fsp3) is 0.0909. The Balaban J connectivity index is 1.82. The van der Waals surface area contributed by atoms with E-state index in [9.17, 15) is 19.7 Å². The number of carbonyl (C=O) groups is 2. The van der Waals surface area contributed by atoms with E-state index in [4.69, 9.17) is 0 Å². The van der Waals surface area contributed by atoms with Crippen LogP contribution in [0.15, 0.2) is 71.6 Å². The van der Waals surface area contributed by atoms with Crippen molar-refractivity contribution in [3.8, 4) is 0 Å². The van der Waals surface area contributed by atoms with Gasteiger partial charge in [-0.2, -0.15) is 0 Å². The molecule has 0 radical (unpaired) electrons. The predicted octanol–water partition coefficient (Wildman–Crippen LogP) is 5.13. The molecule has 0 aliphatic rings. The van der Waals surface area contributed by atoms with Crippen molar-refractivity contribution in [3.05, 3.63) is 93.5 Å². The molecule has 2 N–H and O–H groups in total. The first-order valence-electron chi connectivity index (χ1n) is 9.00. The Kier molecular flexibility index (Phi) is 6.48. The van der Waals surface area contributed by atoms with Gasteiger partial charge in [0.25, 0.3) is 17.5 Å². The minimum Gasteiger partial charge on any atom is -0.322 e. The van der Waals surface area contributed by atoms with Gasteiger partial charge < -0.3 is 10.6 Å². The second kappa shape index (κ2) is 9.23. The lowest BCUT2D eigenvalue weighted by molar-refractivity contribution is -0.387. The van der Waals surface area contributed by atoms with E-state index in [1.54, 1.807) is 49.6 Å². The molecular weight excluding hydrogens is 402 g/mol. The quantitative estimate of drug-likeness (QED) is 0.326. The van der Waals surface area contributed by atoms with Crippen molar-refractivity contribution in [2.24, 2.45) is 0 Å². The number of hydrogen-bond donors (Lipinski definition) is 2. The zero-order valence-electron chi connectivity index (χ0n) is 16.3. The topological polar surface area (TPSA) is 101 Å². The van der Waals surface area contributed by atoms with Gasteiger partial charge in [0.1, 0.15) is 0 Å². The smallest absolute Gasteiger partial charge is 0.283 e. The minimum atomic E-state index is -0.512. The molecule has 0 saturated heterocycles. The molecule has 0 bridgehead atoms. The van der Waals surface area contributed by atoms with E-state index in [1.807, 2.05) is 18.2 Å². The number of thioether (sulfide) groups is 1. The first-order valence-corrected chi connectivity index (χ1v) is 10.2. The van der Waals surface area contributed by atoms with Crippen molar-refractivity contribution in [1.29, 1.82) is 0 Å². The molecule has 0 spiro atoms. The number of amides is 2. The molecule has 3 aromatic carbocycles. The summed E-state index contributed by atoms with van der Waals surface area (Å²) in [6.07, 6.45) is 1.73. The molecular formula is C22H19N3O4S.